The van der Waals surface area contributed by atoms with Crippen LogP contribution in [0.2, 0.25) is 0 Å². The molecule has 1 aliphatic heterocycles. The molecule has 0 spiro atoms. The van der Waals surface area contributed by atoms with Crippen molar-refractivity contribution in [2.45, 2.75) is 12.8 Å². The number of carbonyl (C=O) groups excluding carboxylic acids is 1. The summed E-state index contributed by atoms with van der Waals surface area (Å²) in [4.78, 5) is 20.0. The molecule has 0 aliphatic carbocycles. The fourth-order valence-electron chi connectivity index (χ4n) is 4.02. The number of aromatic amines is 1. The van der Waals surface area contributed by atoms with Gasteiger partial charge in [-0.05, 0) is 55.8 Å². The number of anilines is 2. The van der Waals surface area contributed by atoms with Gasteiger partial charge in [-0.25, -0.2) is 4.79 Å². The van der Waals surface area contributed by atoms with Crippen LogP contribution in [0, 0.1) is 11.3 Å². The van der Waals surface area contributed by atoms with Gasteiger partial charge in [-0.2, -0.15) is 5.26 Å². The molecule has 160 valence electrons. The van der Waals surface area contributed by atoms with Gasteiger partial charge in [-0.1, -0.05) is 12.1 Å². The van der Waals surface area contributed by atoms with Crippen molar-refractivity contribution >= 4 is 28.3 Å². The number of nitriles is 1. The fraction of sp³-hybridized carbons (Fsp3) is 0.333. The molecule has 2 amide bonds. The highest BCUT2D eigenvalue weighted by Crippen LogP contribution is 2.21. The van der Waals surface area contributed by atoms with E-state index < -0.39 is 0 Å². The quantitative estimate of drug-likeness (QED) is 0.512. The van der Waals surface area contributed by atoms with Gasteiger partial charge < -0.3 is 20.5 Å². The minimum absolute atomic E-state index is 0.167. The molecule has 3 aromatic rings. The first-order chi connectivity index (χ1) is 15.2. The summed E-state index contributed by atoms with van der Waals surface area (Å²) < 4.78 is 0. The maximum atomic E-state index is 12.1. The van der Waals surface area contributed by atoms with Gasteiger partial charge in [0, 0.05) is 55.5 Å². The minimum atomic E-state index is -0.167. The van der Waals surface area contributed by atoms with Crippen LogP contribution in [0.15, 0.2) is 54.7 Å². The van der Waals surface area contributed by atoms with E-state index >= 15 is 0 Å². The number of rotatable bonds is 7. The number of nitrogens with one attached hydrogen (secondary N) is 3. The van der Waals surface area contributed by atoms with E-state index in [0.717, 1.165) is 73.4 Å². The van der Waals surface area contributed by atoms with Crippen LogP contribution in [0.1, 0.15) is 18.4 Å². The van der Waals surface area contributed by atoms with Crippen LogP contribution in [0.25, 0.3) is 10.9 Å². The molecule has 2 heterocycles. The fourth-order valence-corrected chi connectivity index (χ4v) is 4.02. The summed E-state index contributed by atoms with van der Waals surface area (Å²) in [5, 5.41) is 16.2. The van der Waals surface area contributed by atoms with Crippen LogP contribution in [-0.2, 0) is 0 Å². The lowest BCUT2D eigenvalue weighted by Gasteiger charge is -2.36. The van der Waals surface area contributed by atoms with E-state index in [1.54, 1.807) is 0 Å². The van der Waals surface area contributed by atoms with E-state index in [-0.39, 0.29) is 6.03 Å². The molecule has 7 heteroatoms. The average Bonchev–Trinajstić information content (AvgIpc) is 3.27. The Morgan fingerprint density at radius 2 is 1.90 bits per heavy atom. The number of unbranched alkanes of at least 4 members (excludes halogenated alkanes) is 1. The van der Waals surface area contributed by atoms with E-state index in [1.807, 2.05) is 54.7 Å². The Bertz CT molecular complexity index is 1060. The highest BCUT2D eigenvalue weighted by atomic mass is 16.2. The lowest BCUT2D eigenvalue weighted by molar-refractivity contribution is 0.247. The number of urea groups is 1. The Labute approximate surface area is 182 Å². The Kier molecular flexibility index (Phi) is 6.70. The van der Waals surface area contributed by atoms with Gasteiger partial charge in [0.2, 0.25) is 0 Å². The van der Waals surface area contributed by atoms with Crippen molar-refractivity contribution in [3.63, 3.8) is 0 Å². The first kappa shape index (κ1) is 20.8. The van der Waals surface area contributed by atoms with E-state index in [1.165, 1.54) is 0 Å². The normalized spacial score (nSPS) is 14.4. The van der Waals surface area contributed by atoms with Crippen LogP contribution in [0.3, 0.4) is 0 Å². The highest BCUT2D eigenvalue weighted by Gasteiger charge is 2.18. The zero-order valence-corrected chi connectivity index (χ0v) is 17.6. The second kappa shape index (κ2) is 10.0. The zero-order valence-electron chi connectivity index (χ0n) is 17.6. The number of para-hydroxylation sites is 1. The molecule has 0 atom stereocenters. The number of benzene rings is 2. The predicted molar refractivity (Wildman–Crippen MR) is 124 cm³/mol. The predicted octanol–water partition coefficient (Wildman–Crippen LogP) is 3.76. The molecule has 1 aromatic heterocycles. The average molecular weight is 417 g/mol. The Balaban J connectivity index is 1.12. The summed E-state index contributed by atoms with van der Waals surface area (Å²) in [5.41, 5.74) is 3.63. The lowest BCUT2D eigenvalue weighted by Crippen LogP contribution is -2.47. The number of carbonyl (C=O) groups is 1. The third-order valence-corrected chi connectivity index (χ3v) is 5.74. The highest BCUT2D eigenvalue weighted by molar-refractivity contribution is 5.92. The number of fused-ring (bicyclic) bond motifs is 1. The minimum Gasteiger partial charge on any atom is -0.368 e. The smallest absolute Gasteiger partial charge is 0.319 e. The van der Waals surface area contributed by atoms with Crippen LogP contribution in [0.5, 0.6) is 0 Å². The molecule has 0 radical (unpaired) electrons. The Morgan fingerprint density at radius 1 is 1.06 bits per heavy atom. The number of hydrogen-bond donors (Lipinski definition) is 3. The van der Waals surface area contributed by atoms with Gasteiger partial charge >= 0.3 is 6.03 Å². The van der Waals surface area contributed by atoms with Crippen molar-refractivity contribution < 1.29 is 4.79 Å². The van der Waals surface area contributed by atoms with Crippen LogP contribution in [-0.4, -0.2) is 55.2 Å². The molecular formula is C24H28N6O. The monoisotopic (exact) mass is 416 g/mol. The molecule has 1 aliphatic rings. The summed E-state index contributed by atoms with van der Waals surface area (Å²) in [6, 6.07) is 17.7. The molecule has 0 unspecified atom stereocenters. The largest absolute Gasteiger partial charge is 0.368 e. The van der Waals surface area contributed by atoms with E-state index in [0.29, 0.717) is 6.54 Å². The van der Waals surface area contributed by atoms with Crippen molar-refractivity contribution in [1.29, 1.82) is 5.26 Å². The summed E-state index contributed by atoms with van der Waals surface area (Å²) in [6.45, 7) is 5.55. The first-order valence-corrected chi connectivity index (χ1v) is 10.8. The SMILES string of the molecule is N#Cc1ccccc1N1CCN(CCCCNC(=O)Nc2ccc3[nH]ccc3c2)CC1. The van der Waals surface area contributed by atoms with Gasteiger partial charge in [-0.15, -0.1) is 0 Å². The van der Waals surface area contributed by atoms with Gasteiger partial charge in [0.1, 0.15) is 6.07 Å². The van der Waals surface area contributed by atoms with Crippen LogP contribution < -0.4 is 15.5 Å². The Hall–Kier alpha value is -3.50. The maximum Gasteiger partial charge on any atom is 0.319 e. The third-order valence-electron chi connectivity index (χ3n) is 5.74. The maximum absolute atomic E-state index is 12.1. The van der Waals surface area contributed by atoms with Gasteiger partial charge in [0.25, 0.3) is 0 Å². The van der Waals surface area contributed by atoms with E-state index in [2.05, 4.69) is 31.5 Å². The number of nitrogens with zero attached hydrogens (tertiary/aromatic N) is 3. The van der Waals surface area contributed by atoms with Crippen LogP contribution >= 0.6 is 0 Å². The molecule has 4 rings (SSSR count). The zero-order chi connectivity index (χ0) is 21.5. The molecule has 3 N–H and O–H groups in total. The number of piperazine rings is 1. The molecule has 1 fully saturated rings. The number of aromatic nitrogens is 1. The number of hydrogen-bond acceptors (Lipinski definition) is 4. The molecular weight excluding hydrogens is 388 g/mol. The van der Waals surface area contributed by atoms with Gasteiger partial charge in [-0.3, -0.25) is 4.90 Å². The van der Waals surface area contributed by atoms with Gasteiger partial charge in [0.05, 0.1) is 11.3 Å². The van der Waals surface area contributed by atoms with E-state index in [9.17, 15) is 10.1 Å². The molecule has 31 heavy (non-hydrogen) atoms. The van der Waals surface area contributed by atoms with Crippen molar-refractivity contribution in [3.8, 4) is 6.07 Å². The molecule has 7 nitrogen and oxygen atoms in total. The molecule has 2 aromatic carbocycles. The summed E-state index contributed by atoms with van der Waals surface area (Å²) in [5.74, 6) is 0. The first-order valence-electron chi connectivity index (χ1n) is 10.8. The second-order valence-electron chi connectivity index (χ2n) is 7.83. The lowest BCUT2D eigenvalue weighted by atomic mass is 10.1. The molecule has 0 bridgehead atoms. The third kappa shape index (κ3) is 5.36. The number of amides is 2. The summed E-state index contributed by atoms with van der Waals surface area (Å²) in [6.07, 6.45) is 3.88. The van der Waals surface area contributed by atoms with E-state index in [4.69, 9.17) is 0 Å². The van der Waals surface area contributed by atoms with Crippen molar-refractivity contribution in [2.24, 2.45) is 0 Å². The van der Waals surface area contributed by atoms with Gasteiger partial charge in [0.15, 0.2) is 0 Å². The summed E-state index contributed by atoms with van der Waals surface area (Å²) in [7, 11) is 0. The Morgan fingerprint density at radius 3 is 2.74 bits per heavy atom. The van der Waals surface area contributed by atoms with Crippen molar-refractivity contribution in [1.82, 2.24) is 15.2 Å². The second-order valence-corrected chi connectivity index (χ2v) is 7.83. The number of H-pyrrole nitrogens is 1. The van der Waals surface area contributed by atoms with Crippen molar-refractivity contribution in [2.75, 3.05) is 49.5 Å². The van der Waals surface area contributed by atoms with Crippen molar-refractivity contribution in [3.05, 3.63) is 60.3 Å². The standard InChI is InChI=1S/C24H28N6O/c25-18-20-5-1-2-6-23(20)30-15-13-29(14-16-30)12-4-3-10-27-24(31)28-21-7-8-22-19(17-21)9-11-26-22/h1-2,5-9,11,17,26H,3-4,10,12-16H2,(H2,27,28,31). The van der Waals surface area contributed by atoms with Crippen LogP contribution in [0.4, 0.5) is 16.2 Å². The molecule has 1 saturated heterocycles. The topological polar surface area (TPSA) is 87.2 Å². The molecule has 0 saturated carbocycles. The summed E-state index contributed by atoms with van der Waals surface area (Å²) >= 11 is 0.